The topological polar surface area (TPSA) is 111 Å². The summed E-state index contributed by atoms with van der Waals surface area (Å²) in [6.45, 7) is 5.60. The van der Waals surface area contributed by atoms with Crippen molar-refractivity contribution in [3.8, 4) is 5.69 Å². The summed E-state index contributed by atoms with van der Waals surface area (Å²) in [5.41, 5.74) is 5.00. The molecule has 1 aliphatic rings. The van der Waals surface area contributed by atoms with E-state index in [1.54, 1.807) is 10.9 Å². The standard InChI is InChI=1S/C26H26F3N7O2/c1-14(2)35-13-16-23(33-35)19(29)10-21(24(16)34-9-8-15(11-30)12-34)31-26(38)20-6-7-22(37)36(32-20)25-17(27)4-3-5-18(25)28/h3-7,10,13-15H,8-9,11-12,30H2,1-2H3,(H,31,38)/t15-/m0/s1. The summed E-state index contributed by atoms with van der Waals surface area (Å²) in [6, 6.07) is 6.40. The number of rotatable bonds is 6. The van der Waals surface area contributed by atoms with Crippen molar-refractivity contribution in [1.82, 2.24) is 19.6 Å². The van der Waals surface area contributed by atoms with E-state index in [1.165, 1.54) is 6.07 Å². The predicted octanol–water partition coefficient (Wildman–Crippen LogP) is 3.62. The monoisotopic (exact) mass is 525 g/mol. The van der Waals surface area contributed by atoms with Gasteiger partial charge in [-0.05, 0) is 50.9 Å². The number of anilines is 2. The van der Waals surface area contributed by atoms with Crippen LogP contribution < -0.4 is 21.5 Å². The van der Waals surface area contributed by atoms with E-state index in [-0.39, 0.29) is 28.9 Å². The third-order valence-electron chi connectivity index (χ3n) is 6.63. The maximum atomic E-state index is 15.2. The first-order valence-corrected chi connectivity index (χ1v) is 12.2. The molecule has 1 saturated heterocycles. The van der Waals surface area contributed by atoms with Crippen LogP contribution in [0.4, 0.5) is 24.5 Å². The average Bonchev–Trinajstić information content (AvgIpc) is 3.53. The molecule has 198 valence electrons. The molecular weight excluding hydrogens is 499 g/mol. The zero-order chi connectivity index (χ0) is 27.1. The van der Waals surface area contributed by atoms with Crippen LogP contribution in [0.3, 0.4) is 0 Å². The van der Waals surface area contributed by atoms with Crippen molar-refractivity contribution < 1.29 is 18.0 Å². The van der Waals surface area contributed by atoms with Crippen LogP contribution in [0.15, 0.2) is 47.4 Å². The zero-order valence-corrected chi connectivity index (χ0v) is 20.8. The molecule has 1 aliphatic heterocycles. The summed E-state index contributed by atoms with van der Waals surface area (Å²) in [5.74, 6) is -3.21. The summed E-state index contributed by atoms with van der Waals surface area (Å²) in [6.07, 6.45) is 2.57. The van der Waals surface area contributed by atoms with Gasteiger partial charge in [-0.25, -0.2) is 13.2 Å². The zero-order valence-electron chi connectivity index (χ0n) is 20.8. The van der Waals surface area contributed by atoms with E-state index in [1.807, 2.05) is 18.7 Å². The minimum Gasteiger partial charge on any atom is -0.369 e. The highest BCUT2D eigenvalue weighted by Crippen LogP contribution is 2.39. The molecule has 3 N–H and O–H groups in total. The fourth-order valence-corrected chi connectivity index (χ4v) is 4.65. The number of halogens is 3. The van der Waals surface area contributed by atoms with Crippen LogP contribution in [0.1, 0.15) is 36.8 Å². The smallest absolute Gasteiger partial charge is 0.276 e. The second-order valence-corrected chi connectivity index (χ2v) is 9.55. The molecule has 0 radical (unpaired) electrons. The molecule has 1 amide bonds. The Morgan fingerprint density at radius 1 is 1.11 bits per heavy atom. The van der Waals surface area contributed by atoms with E-state index in [0.29, 0.717) is 35.4 Å². The van der Waals surface area contributed by atoms with Crippen LogP contribution in [0.5, 0.6) is 0 Å². The van der Waals surface area contributed by atoms with Gasteiger partial charge in [-0.15, -0.1) is 0 Å². The Morgan fingerprint density at radius 2 is 1.84 bits per heavy atom. The van der Waals surface area contributed by atoms with Gasteiger partial charge in [0, 0.05) is 42.8 Å². The summed E-state index contributed by atoms with van der Waals surface area (Å²) >= 11 is 0. The Kier molecular flexibility index (Phi) is 6.66. The molecule has 2 aromatic carbocycles. The lowest BCUT2D eigenvalue weighted by molar-refractivity contribution is 0.102. The van der Waals surface area contributed by atoms with Crippen molar-refractivity contribution in [3.05, 3.63) is 76.1 Å². The van der Waals surface area contributed by atoms with Gasteiger partial charge >= 0.3 is 0 Å². The highest BCUT2D eigenvalue weighted by molar-refractivity contribution is 6.09. The molecule has 2 aromatic heterocycles. The number of carbonyl (C=O) groups is 1. The van der Waals surface area contributed by atoms with Gasteiger partial charge in [0.1, 0.15) is 16.9 Å². The molecule has 4 aromatic rings. The molecular formula is C26H26F3N7O2. The molecule has 1 atom stereocenters. The first kappa shape index (κ1) is 25.5. The molecule has 12 heteroatoms. The van der Waals surface area contributed by atoms with Crippen molar-refractivity contribution in [2.75, 3.05) is 29.9 Å². The second-order valence-electron chi connectivity index (χ2n) is 9.55. The molecule has 5 rings (SSSR count). The first-order valence-electron chi connectivity index (χ1n) is 12.2. The minimum atomic E-state index is -1.02. The number of nitrogens with two attached hydrogens (primary N) is 1. The van der Waals surface area contributed by atoms with Crippen molar-refractivity contribution in [2.24, 2.45) is 11.7 Å². The van der Waals surface area contributed by atoms with Crippen LogP contribution in [0, 0.1) is 23.4 Å². The van der Waals surface area contributed by atoms with Crippen LogP contribution in [0.25, 0.3) is 16.6 Å². The molecule has 9 nitrogen and oxygen atoms in total. The van der Waals surface area contributed by atoms with Crippen LogP contribution in [0.2, 0.25) is 0 Å². The van der Waals surface area contributed by atoms with E-state index >= 15 is 4.39 Å². The van der Waals surface area contributed by atoms with Gasteiger partial charge in [0.25, 0.3) is 11.5 Å². The van der Waals surface area contributed by atoms with Gasteiger partial charge in [-0.1, -0.05) is 6.07 Å². The van der Waals surface area contributed by atoms with E-state index in [0.717, 1.165) is 36.8 Å². The second kappa shape index (κ2) is 9.93. The normalized spacial score (nSPS) is 15.6. The number of para-hydroxylation sites is 1. The van der Waals surface area contributed by atoms with Gasteiger partial charge in [0.05, 0.1) is 11.4 Å². The Balaban J connectivity index is 1.58. The first-order chi connectivity index (χ1) is 18.2. The summed E-state index contributed by atoms with van der Waals surface area (Å²) in [7, 11) is 0. The number of carbonyl (C=O) groups excluding carboxylic acids is 1. The molecule has 0 aliphatic carbocycles. The molecule has 3 heterocycles. The van der Waals surface area contributed by atoms with Crippen molar-refractivity contribution >= 4 is 28.2 Å². The van der Waals surface area contributed by atoms with Crippen LogP contribution in [-0.4, -0.2) is 45.1 Å². The third-order valence-corrected chi connectivity index (χ3v) is 6.63. The lowest BCUT2D eigenvalue weighted by atomic mass is 10.1. The third kappa shape index (κ3) is 4.51. The highest BCUT2D eigenvalue weighted by Gasteiger charge is 2.28. The summed E-state index contributed by atoms with van der Waals surface area (Å²) in [5, 5.41) is 11.5. The molecule has 0 saturated carbocycles. The molecule has 1 fully saturated rings. The van der Waals surface area contributed by atoms with Crippen molar-refractivity contribution in [2.45, 2.75) is 26.3 Å². The van der Waals surface area contributed by atoms with E-state index < -0.39 is 34.6 Å². The van der Waals surface area contributed by atoms with Gasteiger partial charge in [0.15, 0.2) is 17.5 Å². The predicted molar refractivity (Wildman–Crippen MR) is 137 cm³/mol. The molecule has 0 unspecified atom stereocenters. The number of amides is 1. The Morgan fingerprint density at radius 3 is 2.50 bits per heavy atom. The Bertz CT molecular complexity index is 1580. The van der Waals surface area contributed by atoms with Gasteiger partial charge in [-0.2, -0.15) is 14.9 Å². The maximum absolute atomic E-state index is 15.2. The van der Waals surface area contributed by atoms with Crippen LogP contribution in [-0.2, 0) is 0 Å². The summed E-state index contributed by atoms with van der Waals surface area (Å²) in [4.78, 5) is 27.7. The van der Waals surface area contributed by atoms with E-state index in [9.17, 15) is 18.4 Å². The van der Waals surface area contributed by atoms with Gasteiger partial charge in [-0.3, -0.25) is 14.3 Å². The molecule has 0 spiro atoms. The fourth-order valence-electron chi connectivity index (χ4n) is 4.65. The van der Waals surface area contributed by atoms with E-state index in [4.69, 9.17) is 5.73 Å². The number of fused-ring (bicyclic) bond motifs is 1. The van der Waals surface area contributed by atoms with E-state index in [2.05, 4.69) is 15.5 Å². The lowest BCUT2D eigenvalue weighted by Gasteiger charge is -2.23. The Hall–Kier alpha value is -4.19. The number of hydrogen-bond donors (Lipinski definition) is 2. The molecule has 38 heavy (non-hydrogen) atoms. The highest BCUT2D eigenvalue weighted by atomic mass is 19.1. The van der Waals surface area contributed by atoms with Gasteiger partial charge < -0.3 is 16.0 Å². The SMILES string of the molecule is CC(C)n1cc2c(N3CC[C@@H](CN)C3)c(NC(=O)c3ccc(=O)n(-c4c(F)cccc4F)n3)cc(F)c2n1. The van der Waals surface area contributed by atoms with Crippen molar-refractivity contribution in [3.63, 3.8) is 0 Å². The lowest BCUT2D eigenvalue weighted by Crippen LogP contribution is -2.27. The average molecular weight is 526 g/mol. The quantitative estimate of drug-likeness (QED) is 0.398. The minimum absolute atomic E-state index is 0.0212. The number of nitrogens with one attached hydrogen (secondary N) is 1. The molecule has 0 bridgehead atoms. The van der Waals surface area contributed by atoms with Gasteiger partial charge in [0.2, 0.25) is 0 Å². The van der Waals surface area contributed by atoms with Crippen molar-refractivity contribution in [1.29, 1.82) is 0 Å². The largest absolute Gasteiger partial charge is 0.369 e. The maximum Gasteiger partial charge on any atom is 0.276 e. The number of hydrogen-bond acceptors (Lipinski definition) is 6. The fraction of sp³-hybridized carbons (Fsp3) is 0.308. The number of nitrogens with zero attached hydrogens (tertiary/aromatic N) is 5. The Labute approximate surface area is 215 Å². The summed E-state index contributed by atoms with van der Waals surface area (Å²) < 4.78 is 46.0. The number of aromatic nitrogens is 4. The number of benzene rings is 2. The van der Waals surface area contributed by atoms with Crippen LogP contribution >= 0.6 is 0 Å².